The molecule has 3 rings (SSSR count). The molecule has 1 amide bonds. The van der Waals surface area contributed by atoms with Crippen molar-refractivity contribution in [2.45, 2.75) is 57.5 Å². The topological polar surface area (TPSA) is 46.3 Å². The molecule has 2 N–H and O–H groups in total. The van der Waals surface area contributed by atoms with E-state index >= 15 is 0 Å². The molecule has 3 aliphatic carbocycles. The zero-order valence-electron chi connectivity index (χ0n) is 11.9. The molecule has 106 valence electrons. The Morgan fingerprint density at radius 2 is 1.95 bits per heavy atom. The summed E-state index contributed by atoms with van der Waals surface area (Å²) in [6.45, 7) is 2.98. The van der Waals surface area contributed by atoms with Gasteiger partial charge in [0, 0.05) is 24.5 Å². The SMILES string of the molecule is CCN(C(=O)C1CC2C=CC1C2)C1CCC(N)CC1. The van der Waals surface area contributed by atoms with Crippen LogP contribution in [-0.2, 0) is 4.79 Å². The van der Waals surface area contributed by atoms with Crippen LogP contribution < -0.4 is 5.73 Å². The average molecular weight is 262 g/mol. The van der Waals surface area contributed by atoms with Crippen molar-refractivity contribution >= 4 is 5.91 Å². The summed E-state index contributed by atoms with van der Waals surface area (Å²) in [4.78, 5) is 15.0. The van der Waals surface area contributed by atoms with Gasteiger partial charge in [-0.25, -0.2) is 0 Å². The van der Waals surface area contributed by atoms with Crippen LogP contribution in [0.4, 0.5) is 0 Å². The fourth-order valence-electron chi connectivity index (χ4n) is 4.28. The van der Waals surface area contributed by atoms with E-state index < -0.39 is 0 Å². The molecule has 3 unspecified atom stereocenters. The number of fused-ring (bicyclic) bond motifs is 2. The van der Waals surface area contributed by atoms with Crippen LogP contribution in [0.25, 0.3) is 0 Å². The Morgan fingerprint density at radius 3 is 2.47 bits per heavy atom. The van der Waals surface area contributed by atoms with E-state index in [0.717, 1.165) is 38.6 Å². The van der Waals surface area contributed by atoms with Crippen molar-refractivity contribution < 1.29 is 4.79 Å². The summed E-state index contributed by atoms with van der Waals surface area (Å²) in [5.41, 5.74) is 5.97. The summed E-state index contributed by atoms with van der Waals surface area (Å²) in [7, 11) is 0. The molecule has 3 heteroatoms. The van der Waals surface area contributed by atoms with Crippen LogP contribution in [0.3, 0.4) is 0 Å². The molecule has 0 aliphatic heterocycles. The third-order valence-corrected chi connectivity index (χ3v) is 5.40. The molecule has 0 aromatic heterocycles. The number of carbonyl (C=O) groups is 1. The van der Waals surface area contributed by atoms with Crippen LogP contribution in [0.1, 0.15) is 45.4 Å². The van der Waals surface area contributed by atoms with Gasteiger partial charge in [0.15, 0.2) is 0 Å². The van der Waals surface area contributed by atoms with Crippen molar-refractivity contribution in [1.82, 2.24) is 4.90 Å². The fraction of sp³-hybridized carbons (Fsp3) is 0.812. The first-order valence-electron chi connectivity index (χ1n) is 7.93. The molecule has 0 aromatic carbocycles. The number of amides is 1. The molecule has 0 aromatic rings. The van der Waals surface area contributed by atoms with Gasteiger partial charge in [0.2, 0.25) is 5.91 Å². The predicted octanol–water partition coefficient (Wildman–Crippen LogP) is 2.32. The van der Waals surface area contributed by atoms with E-state index in [2.05, 4.69) is 24.0 Å². The summed E-state index contributed by atoms with van der Waals surface area (Å²) < 4.78 is 0. The standard InChI is InChI=1S/C16H26N2O/c1-2-18(14-7-5-13(17)6-8-14)16(19)15-10-11-3-4-12(15)9-11/h3-4,11-15H,2,5-10,17H2,1H3. The highest BCUT2D eigenvalue weighted by Crippen LogP contribution is 2.44. The van der Waals surface area contributed by atoms with Crippen molar-refractivity contribution in [1.29, 1.82) is 0 Å². The molecule has 2 saturated carbocycles. The number of carbonyl (C=O) groups excluding carboxylic acids is 1. The highest BCUT2D eigenvalue weighted by atomic mass is 16.2. The van der Waals surface area contributed by atoms with Gasteiger partial charge < -0.3 is 10.6 Å². The Balaban J connectivity index is 1.65. The monoisotopic (exact) mass is 262 g/mol. The lowest BCUT2D eigenvalue weighted by molar-refractivity contribution is -0.139. The van der Waals surface area contributed by atoms with Crippen LogP contribution in [0.15, 0.2) is 12.2 Å². The van der Waals surface area contributed by atoms with Gasteiger partial charge in [-0.15, -0.1) is 0 Å². The van der Waals surface area contributed by atoms with E-state index in [0.29, 0.717) is 29.8 Å². The van der Waals surface area contributed by atoms with Crippen molar-refractivity contribution in [2.75, 3.05) is 6.54 Å². The third kappa shape index (κ3) is 2.45. The lowest BCUT2D eigenvalue weighted by Gasteiger charge is -2.37. The van der Waals surface area contributed by atoms with Crippen LogP contribution >= 0.6 is 0 Å². The lowest BCUT2D eigenvalue weighted by Crippen LogP contribution is -2.47. The average Bonchev–Trinajstić information content (AvgIpc) is 3.04. The van der Waals surface area contributed by atoms with E-state index in [1.807, 2.05) is 0 Å². The van der Waals surface area contributed by atoms with Crippen LogP contribution in [0.2, 0.25) is 0 Å². The van der Waals surface area contributed by atoms with E-state index in [9.17, 15) is 4.79 Å². The quantitative estimate of drug-likeness (QED) is 0.793. The Hall–Kier alpha value is -0.830. The summed E-state index contributed by atoms with van der Waals surface area (Å²) in [6.07, 6.45) is 11.2. The molecule has 0 radical (unpaired) electrons. The third-order valence-electron chi connectivity index (χ3n) is 5.40. The molecular weight excluding hydrogens is 236 g/mol. The lowest BCUT2D eigenvalue weighted by atomic mass is 9.87. The Kier molecular flexibility index (Phi) is 3.66. The van der Waals surface area contributed by atoms with Gasteiger partial charge in [0.05, 0.1) is 0 Å². The van der Waals surface area contributed by atoms with Crippen molar-refractivity contribution in [3.05, 3.63) is 12.2 Å². The summed E-state index contributed by atoms with van der Waals surface area (Å²) in [5.74, 6) is 1.89. The maximum absolute atomic E-state index is 12.8. The van der Waals surface area contributed by atoms with Gasteiger partial charge in [-0.1, -0.05) is 12.2 Å². The molecule has 2 fully saturated rings. The summed E-state index contributed by atoms with van der Waals surface area (Å²) >= 11 is 0. The van der Waals surface area contributed by atoms with Gasteiger partial charge >= 0.3 is 0 Å². The molecular formula is C16H26N2O. The predicted molar refractivity (Wildman–Crippen MR) is 76.5 cm³/mol. The minimum absolute atomic E-state index is 0.269. The molecule has 3 atom stereocenters. The first kappa shape index (κ1) is 13.2. The van der Waals surface area contributed by atoms with E-state index in [-0.39, 0.29) is 5.92 Å². The highest BCUT2D eigenvalue weighted by Gasteiger charge is 2.42. The van der Waals surface area contributed by atoms with E-state index in [1.54, 1.807) is 0 Å². The van der Waals surface area contributed by atoms with Crippen molar-refractivity contribution in [2.24, 2.45) is 23.5 Å². The molecule has 0 saturated heterocycles. The van der Waals surface area contributed by atoms with Gasteiger partial charge in [-0.3, -0.25) is 4.79 Å². The smallest absolute Gasteiger partial charge is 0.226 e. The van der Waals surface area contributed by atoms with Crippen LogP contribution in [0.5, 0.6) is 0 Å². The number of hydrogen-bond acceptors (Lipinski definition) is 2. The zero-order chi connectivity index (χ0) is 13.4. The van der Waals surface area contributed by atoms with Crippen molar-refractivity contribution in [3.63, 3.8) is 0 Å². The van der Waals surface area contributed by atoms with Gasteiger partial charge in [0.25, 0.3) is 0 Å². The first-order valence-corrected chi connectivity index (χ1v) is 7.93. The summed E-state index contributed by atoms with van der Waals surface area (Å²) in [5, 5.41) is 0. The molecule has 2 bridgehead atoms. The Bertz CT molecular complexity index is 371. The van der Waals surface area contributed by atoms with Gasteiger partial charge in [0.1, 0.15) is 0 Å². The molecule has 0 heterocycles. The number of hydrogen-bond donors (Lipinski definition) is 1. The van der Waals surface area contributed by atoms with E-state index in [1.165, 1.54) is 6.42 Å². The number of allylic oxidation sites excluding steroid dienone is 2. The second kappa shape index (κ2) is 5.28. The Labute approximate surface area is 116 Å². The fourth-order valence-corrected chi connectivity index (χ4v) is 4.28. The zero-order valence-corrected chi connectivity index (χ0v) is 11.9. The largest absolute Gasteiger partial charge is 0.340 e. The van der Waals surface area contributed by atoms with Crippen molar-refractivity contribution in [3.8, 4) is 0 Å². The minimum atomic E-state index is 0.269. The molecule has 0 spiro atoms. The highest BCUT2D eigenvalue weighted by molar-refractivity contribution is 5.80. The molecule has 19 heavy (non-hydrogen) atoms. The first-order chi connectivity index (χ1) is 9.19. The molecule has 3 nitrogen and oxygen atoms in total. The second-order valence-electron chi connectivity index (χ2n) is 6.58. The number of nitrogens with two attached hydrogens (primary N) is 1. The van der Waals surface area contributed by atoms with Gasteiger partial charge in [-0.2, -0.15) is 0 Å². The van der Waals surface area contributed by atoms with Crippen LogP contribution in [0, 0.1) is 17.8 Å². The maximum atomic E-state index is 12.8. The van der Waals surface area contributed by atoms with Gasteiger partial charge in [-0.05, 0) is 57.3 Å². The molecule has 3 aliphatic rings. The number of nitrogens with zero attached hydrogens (tertiary/aromatic N) is 1. The minimum Gasteiger partial charge on any atom is -0.340 e. The summed E-state index contributed by atoms with van der Waals surface area (Å²) in [6, 6.07) is 0.802. The number of rotatable bonds is 3. The second-order valence-corrected chi connectivity index (χ2v) is 6.58. The van der Waals surface area contributed by atoms with Crippen LogP contribution in [-0.4, -0.2) is 29.4 Å². The maximum Gasteiger partial charge on any atom is 0.226 e. The van der Waals surface area contributed by atoms with E-state index in [4.69, 9.17) is 5.73 Å². The normalized spacial score (nSPS) is 40.6. The Morgan fingerprint density at radius 1 is 1.21 bits per heavy atom.